The normalized spacial score (nSPS) is 36.7. The zero-order valence-corrected chi connectivity index (χ0v) is 12.2. The molecule has 1 aromatic carbocycles. The number of rotatable bonds is 3. The SMILES string of the molecule is N#Cc1cc(CNC2CC3CC2C2CCCC32)ccc1F. The van der Waals surface area contributed by atoms with Gasteiger partial charge in [0, 0.05) is 12.6 Å². The average Bonchev–Trinajstić information content (AvgIpc) is 3.18. The molecule has 3 fully saturated rings. The topological polar surface area (TPSA) is 35.8 Å². The summed E-state index contributed by atoms with van der Waals surface area (Å²) < 4.78 is 13.3. The Morgan fingerprint density at radius 1 is 1.19 bits per heavy atom. The Balaban J connectivity index is 1.41. The minimum Gasteiger partial charge on any atom is -0.310 e. The molecule has 110 valence electrons. The lowest BCUT2D eigenvalue weighted by Gasteiger charge is -2.32. The van der Waals surface area contributed by atoms with E-state index in [1.807, 2.05) is 6.07 Å². The summed E-state index contributed by atoms with van der Waals surface area (Å²) in [5.74, 6) is 3.37. The lowest BCUT2D eigenvalue weighted by atomic mass is 9.79. The molecule has 5 atom stereocenters. The minimum absolute atomic E-state index is 0.151. The fraction of sp³-hybridized carbons (Fsp3) is 0.611. The molecule has 3 aliphatic carbocycles. The van der Waals surface area contributed by atoms with Crippen LogP contribution in [-0.2, 0) is 6.54 Å². The maximum atomic E-state index is 13.3. The Labute approximate surface area is 125 Å². The predicted molar refractivity (Wildman–Crippen MR) is 78.8 cm³/mol. The van der Waals surface area contributed by atoms with Crippen LogP contribution in [0.15, 0.2) is 18.2 Å². The van der Waals surface area contributed by atoms with Gasteiger partial charge in [0.2, 0.25) is 0 Å². The van der Waals surface area contributed by atoms with Crippen molar-refractivity contribution in [3.63, 3.8) is 0 Å². The lowest BCUT2D eigenvalue weighted by Crippen LogP contribution is -2.38. The van der Waals surface area contributed by atoms with E-state index in [4.69, 9.17) is 5.26 Å². The van der Waals surface area contributed by atoms with Gasteiger partial charge in [-0.1, -0.05) is 12.5 Å². The zero-order chi connectivity index (χ0) is 14.4. The number of benzene rings is 1. The number of fused-ring (bicyclic) bond motifs is 5. The average molecular weight is 284 g/mol. The molecule has 3 aliphatic rings. The van der Waals surface area contributed by atoms with E-state index in [0.717, 1.165) is 35.8 Å². The molecule has 0 saturated heterocycles. The Bertz CT molecular complexity index is 591. The van der Waals surface area contributed by atoms with Crippen LogP contribution < -0.4 is 5.32 Å². The van der Waals surface area contributed by atoms with Gasteiger partial charge in [-0.05, 0) is 67.1 Å². The molecule has 0 amide bonds. The van der Waals surface area contributed by atoms with E-state index in [1.54, 1.807) is 12.1 Å². The number of hydrogen-bond donors (Lipinski definition) is 1. The monoisotopic (exact) mass is 284 g/mol. The van der Waals surface area contributed by atoms with Gasteiger partial charge in [0.05, 0.1) is 5.56 Å². The molecule has 0 heterocycles. The highest BCUT2D eigenvalue weighted by Crippen LogP contribution is 2.58. The van der Waals surface area contributed by atoms with Crippen LogP contribution in [0.3, 0.4) is 0 Å². The van der Waals surface area contributed by atoms with E-state index >= 15 is 0 Å². The maximum Gasteiger partial charge on any atom is 0.140 e. The summed E-state index contributed by atoms with van der Waals surface area (Å²) in [7, 11) is 0. The molecule has 0 radical (unpaired) electrons. The molecular formula is C18H21FN2. The van der Waals surface area contributed by atoms with E-state index in [9.17, 15) is 4.39 Å². The van der Waals surface area contributed by atoms with Gasteiger partial charge in [0.25, 0.3) is 0 Å². The number of nitrogens with zero attached hydrogens (tertiary/aromatic N) is 1. The first-order valence-electron chi connectivity index (χ1n) is 8.18. The molecule has 2 bridgehead atoms. The van der Waals surface area contributed by atoms with Crippen LogP contribution >= 0.6 is 0 Å². The summed E-state index contributed by atoms with van der Waals surface area (Å²) in [5, 5.41) is 12.6. The highest BCUT2D eigenvalue weighted by molar-refractivity contribution is 5.34. The van der Waals surface area contributed by atoms with Crippen LogP contribution in [0.25, 0.3) is 0 Å². The molecular weight excluding hydrogens is 263 g/mol. The Hall–Kier alpha value is -1.40. The molecule has 0 aliphatic heterocycles. The first-order valence-corrected chi connectivity index (χ1v) is 8.18. The van der Waals surface area contributed by atoms with Crippen LogP contribution in [0.1, 0.15) is 43.2 Å². The fourth-order valence-electron chi connectivity index (χ4n) is 5.32. The van der Waals surface area contributed by atoms with Gasteiger partial charge >= 0.3 is 0 Å². The van der Waals surface area contributed by atoms with Crippen molar-refractivity contribution in [2.75, 3.05) is 0 Å². The molecule has 1 aromatic rings. The van der Waals surface area contributed by atoms with Crippen LogP contribution in [-0.4, -0.2) is 6.04 Å². The second kappa shape index (κ2) is 5.10. The summed E-state index contributed by atoms with van der Waals surface area (Å²) >= 11 is 0. The van der Waals surface area contributed by atoms with Crippen molar-refractivity contribution in [1.82, 2.24) is 5.32 Å². The van der Waals surface area contributed by atoms with Gasteiger partial charge in [0.15, 0.2) is 0 Å². The van der Waals surface area contributed by atoms with E-state index in [2.05, 4.69) is 5.32 Å². The number of nitrogens with one attached hydrogen (secondary N) is 1. The summed E-state index contributed by atoms with van der Waals surface area (Å²) in [6.07, 6.45) is 7.05. The van der Waals surface area contributed by atoms with Gasteiger partial charge in [-0.25, -0.2) is 4.39 Å². The largest absolute Gasteiger partial charge is 0.310 e. The predicted octanol–water partition coefficient (Wildman–Crippen LogP) is 3.61. The van der Waals surface area contributed by atoms with Crippen molar-refractivity contribution >= 4 is 0 Å². The number of halogens is 1. The van der Waals surface area contributed by atoms with E-state index in [0.29, 0.717) is 6.04 Å². The molecule has 5 unspecified atom stereocenters. The van der Waals surface area contributed by atoms with Gasteiger partial charge in [0.1, 0.15) is 11.9 Å². The van der Waals surface area contributed by atoms with Crippen molar-refractivity contribution in [2.45, 2.75) is 44.7 Å². The lowest BCUT2D eigenvalue weighted by molar-refractivity contribution is 0.208. The van der Waals surface area contributed by atoms with Crippen molar-refractivity contribution < 1.29 is 4.39 Å². The highest BCUT2D eigenvalue weighted by Gasteiger charge is 2.53. The Kier molecular flexibility index (Phi) is 3.23. The van der Waals surface area contributed by atoms with E-state index in [-0.39, 0.29) is 5.56 Å². The third kappa shape index (κ3) is 2.17. The van der Waals surface area contributed by atoms with E-state index < -0.39 is 5.82 Å². The standard InChI is InChI=1S/C18H21FN2/c19-17-5-4-11(6-13(17)9-20)10-21-18-8-12-7-16(18)15-3-1-2-14(12)15/h4-6,12,14-16,18,21H,1-3,7-8,10H2. The van der Waals surface area contributed by atoms with Crippen LogP contribution in [0.4, 0.5) is 4.39 Å². The highest BCUT2D eigenvalue weighted by atomic mass is 19.1. The third-order valence-electron chi connectivity index (χ3n) is 6.15. The minimum atomic E-state index is -0.421. The summed E-state index contributed by atoms with van der Waals surface area (Å²) in [5.41, 5.74) is 1.16. The van der Waals surface area contributed by atoms with Crippen molar-refractivity contribution in [2.24, 2.45) is 23.7 Å². The first-order chi connectivity index (χ1) is 10.3. The van der Waals surface area contributed by atoms with E-state index in [1.165, 1.54) is 38.2 Å². The molecule has 0 spiro atoms. The van der Waals surface area contributed by atoms with Crippen molar-refractivity contribution in [1.29, 1.82) is 5.26 Å². The molecule has 4 rings (SSSR count). The fourth-order valence-corrected chi connectivity index (χ4v) is 5.32. The Morgan fingerprint density at radius 3 is 2.90 bits per heavy atom. The van der Waals surface area contributed by atoms with Gasteiger partial charge in [-0.3, -0.25) is 0 Å². The van der Waals surface area contributed by atoms with Gasteiger partial charge in [-0.2, -0.15) is 5.26 Å². The first kappa shape index (κ1) is 13.3. The molecule has 2 nitrogen and oxygen atoms in total. The zero-order valence-electron chi connectivity index (χ0n) is 12.2. The number of hydrogen-bond acceptors (Lipinski definition) is 2. The number of nitriles is 1. The maximum absolute atomic E-state index is 13.3. The molecule has 3 saturated carbocycles. The van der Waals surface area contributed by atoms with Gasteiger partial charge < -0.3 is 5.32 Å². The molecule has 3 heteroatoms. The smallest absolute Gasteiger partial charge is 0.140 e. The van der Waals surface area contributed by atoms with Crippen LogP contribution in [0, 0.1) is 40.8 Å². The summed E-state index contributed by atoms with van der Waals surface area (Å²) in [4.78, 5) is 0. The second-order valence-corrected chi connectivity index (χ2v) is 7.07. The van der Waals surface area contributed by atoms with Crippen LogP contribution in [0.5, 0.6) is 0 Å². The van der Waals surface area contributed by atoms with Gasteiger partial charge in [-0.15, -0.1) is 0 Å². The third-order valence-corrected chi connectivity index (χ3v) is 6.15. The second-order valence-electron chi connectivity index (χ2n) is 7.07. The Morgan fingerprint density at radius 2 is 2.05 bits per heavy atom. The molecule has 0 aromatic heterocycles. The summed E-state index contributed by atoms with van der Waals surface area (Å²) in [6.45, 7) is 0.750. The van der Waals surface area contributed by atoms with Crippen molar-refractivity contribution in [3.8, 4) is 6.07 Å². The molecule has 1 N–H and O–H groups in total. The van der Waals surface area contributed by atoms with Crippen LogP contribution in [0.2, 0.25) is 0 Å². The summed E-state index contributed by atoms with van der Waals surface area (Å²) in [6, 6.07) is 7.41. The molecule has 21 heavy (non-hydrogen) atoms. The van der Waals surface area contributed by atoms with Crippen molar-refractivity contribution in [3.05, 3.63) is 35.1 Å². The quantitative estimate of drug-likeness (QED) is 0.920.